The Morgan fingerprint density at radius 1 is 1.33 bits per heavy atom. The first kappa shape index (κ1) is 15.1. The van der Waals surface area contributed by atoms with Crippen LogP contribution in [-0.2, 0) is 14.3 Å². The topological polar surface area (TPSA) is 58.6 Å². The number of rotatable bonds is 6. The van der Waals surface area contributed by atoms with Crippen LogP contribution in [0.1, 0.15) is 34.1 Å². The third-order valence-corrected chi connectivity index (χ3v) is 3.27. The second-order valence-corrected chi connectivity index (χ2v) is 5.42. The van der Waals surface area contributed by atoms with Crippen LogP contribution in [0.4, 0.5) is 0 Å². The third-order valence-electron chi connectivity index (χ3n) is 3.27. The Kier molecular flexibility index (Phi) is 5.28. The highest BCUT2D eigenvalue weighted by Crippen LogP contribution is 2.17. The van der Waals surface area contributed by atoms with Gasteiger partial charge < -0.3 is 10.1 Å². The maximum absolute atomic E-state index is 12.1. The number of ether oxygens (including phenoxy) is 1. The summed E-state index contributed by atoms with van der Waals surface area (Å²) in [5, 5.41) is 3.24. The minimum atomic E-state index is -0.401. The van der Waals surface area contributed by atoms with E-state index in [0.29, 0.717) is 12.5 Å². The molecule has 0 aliphatic carbocycles. The minimum Gasteiger partial charge on any atom is -0.383 e. The zero-order chi connectivity index (χ0) is 13.9. The van der Waals surface area contributed by atoms with Gasteiger partial charge in [0.1, 0.15) is 0 Å². The van der Waals surface area contributed by atoms with Crippen LogP contribution < -0.4 is 5.32 Å². The molecule has 1 rings (SSSR count). The van der Waals surface area contributed by atoms with Gasteiger partial charge in [0.15, 0.2) is 0 Å². The molecule has 0 aromatic rings. The van der Waals surface area contributed by atoms with E-state index >= 15 is 0 Å². The molecule has 0 bridgehead atoms. The van der Waals surface area contributed by atoms with Gasteiger partial charge in [-0.15, -0.1) is 0 Å². The lowest BCUT2D eigenvalue weighted by molar-refractivity contribution is -0.140. The Labute approximate surface area is 109 Å². The summed E-state index contributed by atoms with van der Waals surface area (Å²) in [4.78, 5) is 25.3. The normalized spacial score (nSPS) is 22.4. The van der Waals surface area contributed by atoms with E-state index in [-0.39, 0.29) is 30.3 Å². The third kappa shape index (κ3) is 3.29. The van der Waals surface area contributed by atoms with Gasteiger partial charge in [-0.05, 0) is 19.8 Å². The van der Waals surface area contributed by atoms with E-state index in [4.69, 9.17) is 4.74 Å². The van der Waals surface area contributed by atoms with Crippen LogP contribution in [0.25, 0.3) is 0 Å². The lowest BCUT2D eigenvalue weighted by Gasteiger charge is -2.25. The van der Waals surface area contributed by atoms with Gasteiger partial charge in [0.25, 0.3) is 0 Å². The molecule has 2 unspecified atom stereocenters. The molecule has 0 aromatic carbocycles. The van der Waals surface area contributed by atoms with Crippen molar-refractivity contribution in [1.82, 2.24) is 10.2 Å². The van der Waals surface area contributed by atoms with E-state index in [1.807, 2.05) is 13.8 Å². The molecule has 5 heteroatoms. The van der Waals surface area contributed by atoms with Crippen molar-refractivity contribution in [3.05, 3.63) is 0 Å². The SMILES string of the molecule is COCC(NC1CC(=O)N(C(C)C)C1=O)C(C)C. The van der Waals surface area contributed by atoms with Crippen LogP contribution in [-0.4, -0.2) is 48.6 Å². The Bertz CT molecular complexity index is 315. The van der Waals surface area contributed by atoms with Gasteiger partial charge in [-0.2, -0.15) is 0 Å². The highest BCUT2D eigenvalue weighted by Gasteiger charge is 2.40. The summed E-state index contributed by atoms with van der Waals surface area (Å²) in [6, 6.07) is -0.386. The van der Waals surface area contributed by atoms with Crippen molar-refractivity contribution >= 4 is 11.8 Å². The number of likely N-dealkylation sites (tertiary alicyclic amines) is 1. The van der Waals surface area contributed by atoms with E-state index in [1.165, 1.54) is 4.90 Å². The lowest BCUT2D eigenvalue weighted by atomic mass is 10.0. The van der Waals surface area contributed by atoms with Crippen molar-refractivity contribution < 1.29 is 14.3 Å². The molecule has 18 heavy (non-hydrogen) atoms. The smallest absolute Gasteiger partial charge is 0.247 e. The molecule has 1 N–H and O–H groups in total. The van der Waals surface area contributed by atoms with Crippen LogP contribution in [0.3, 0.4) is 0 Å². The number of nitrogens with one attached hydrogen (secondary N) is 1. The van der Waals surface area contributed by atoms with E-state index < -0.39 is 6.04 Å². The van der Waals surface area contributed by atoms with E-state index in [9.17, 15) is 9.59 Å². The Morgan fingerprint density at radius 2 is 1.94 bits per heavy atom. The minimum absolute atomic E-state index is 0.0725. The maximum atomic E-state index is 12.1. The van der Waals surface area contributed by atoms with Gasteiger partial charge in [-0.3, -0.25) is 14.5 Å². The summed E-state index contributed by atoms with van der Waals surface area (Å²) in [5.74, 6) is 0.144. The first-order chi connectivity index (χ1) is 8.38. The quantitative estimate of drug-likeness (QED) is 0.714. The van der Waals surface area contributed by atoms with Crippen molar-refractivity contribution in [2.45, 2.75) is 52.2 Å². The van der Waals surface area contributed by atoms with Gasteiger partial charge in [0, 0.05) is 19.2 Å². The molecule has 5 nitrogen and oxygen atoms in total. The lowest BCUT2D eigenvalue weighted by Crippen LogP contribution is -2.48. The molecular formula is C13H24N2O3. The molecule has 1 fully saturated rings. The number of carbonyl (C=O) groups excluding carboxylic acids is 2. The number of carbonyl (C=O) groups is 2. The fourth-order valence-corrected chi connectivity index (χ4v) is 2.19. The molecule has 104 valence electrons. The average molecular weight is 256 g/mol. The molecule has 1 saturated heterocycles. The van der Waals surface area contributed by atoms with Gasteiger partial charge in [0.2, 0.25) is 11.8 Å². The summed E-state index contributed by atoms with van der Waals surface area (Å²) < 4.78 is 5.14. The molecule has 1 aliphatic heterocycles. The highest BCUT2D eigenvalue weighted by molar-refractivity contribution is 6.05. The zero-order valence-corrected chi connectivity index (χ0v) is 11.9. The summed E-state index contributed by atoms with van der Waals surface area (Å²) in [7, 11) is 1.64. The molecule has 0 radical (unpaired) electrons. The number of amides is 2. The Morgan fingerprint density at radius 3 is 2.33 bits per heavy atom. The number of hydrogen-bond acceptors (Lipinski definition) is 4. The second kappa shape index (κ2) is 6.29. The second-order valence-electron chi connectivity index (χ2n) is 5.42. The predicted molar refractivity (Wildman–Crippen MR) is 69.0 cm³/mol. The van der Waals surface area contributed by atoms with Crippen molar-refractivity contribution in [1.29, 1.82) is 0 Å². The summed E-state index contributed by atoms with van der Waals surface area (Å²) >= 11 is 0. The molecular weight excluding hydrogens is 232 g/mol. The van der Waals surface area contributed by atoms with Crippen LogP contribution in [0, 0.1) is 5.92 Å². The van der Waals surface area contributed by atoms with Gasteiger partial charge in [-0.25, -0.2) is 0 Å². The molecule has 1 aliphatic rings. The Hall–Kier alpha value is -0.940. The van der Waals surface area contributed by atoms with Crippen molar-refractivity contribution in [3.63, 3.8) is 0 Å². The fraction of sp³-hybridized carbons (Fsp3) is 0.846. The number of hydrogen-bond donors (Lipinski definition) is 1. The summed E-state index contributed by atoms with van der Waals surface area (Å²) in [5.41, 5.74) is 0. The van der Waals surface area contributed by atoms with Crippen molar-refractivity contribution in [3.8, 4) is 0 Å². The largest absolute Gasteiger partial charge is 0.383 e. The van der Waals surface area contributed by atoms with Crippen molar-refractivity contribution in [2.24, 2.45) is 5.92 Å². The zero-order valence-electron chi connectivity index (χ0n) is 11.9. The summed E-state index contributed by atoms with van der Waals surface area (Å²) in [6.07, 6.45) is 0.254. The van der Waals surface area contributed by atoms with E-state index in [0.717, 1.165) is 0 Å². The molecule has 2 atom stereocenters. The first-order valence-corrected chi connectivity index (χ1v) is 6.49. The number of nitrogens with zero attached hydrogens (tertiary/aromatic N) is 1. The predicted octanol–water partition coefficient (Wildman–Crippen LogP) is 0.783. The van der Waals surface area contributed by atoms with E-state index in [1.54, 1.807) is 7.11 Å². The number of imide groups is 1. The van der Waals surface area contributed by atoms with Crippen LogP contribution in [0.2, 0.25) is 0 Å². The van der Waals surface area contributed by atoms with Crippen LogP contribution >= 0.6 is 0 Å². The van der Waals surface area contributed by atoms with Gasteiger partial charge >= 0.3 is 0 Å². The van der Waals surface area contributed by atoms with Crippen molar-refractivity contribution in [2.75, 3.05) is 13.7 Å². The monoisotopic (exact) mass is 256 g/mol. The summed E-state index contributed by atoms with van der Waals surface area (Å²) in [6.45, 7) is 8.38. The fourth-order valence-electron chi connectivity index (χ4n) is 2.19. The molecule has 0 spiro atoms. The maximum Gasteiger partial charge on any atom is 0.247 e. The molecule has 1 heterocycles. The van der Waals surface area contributed by atoms with Gasteiger partial charge in [0.05, 0.1) is 19.1 Å². The van der Waals surface area contributed by atoms with Gasteiger partial charge in [-0.1, -0.05) is 13.8 Å². The average Bonchev–Trinajstić information content (AvgIpc) is 2.53. The number of methoxy groups -OCH3 is 1. The first-order valence-electron chi connectivity index (χ1n) is 6.49. The van der Waals surface area contributed by atoms with Crippen LogP contribution in [0.5, 0.6) is 0 Å². The van der Waals surface area contributed by atoms with Crippen LogP contribution in [0.15, 0.2) is 0 Å². The highest BCUT2D eigenvalue weighted by atomic mass is 16.5. The Balaban J connectivity index is 2.68. The van der Waals surface area contributed by atoms with E-state index in [2.05, 4.69) is 19.2 Å². The molecule has 0 saturated carbocycles. The standard InChI is InChI=1S/C13H24N2O3/c1-8(2)11(7-18-5)14-10-6-12(16)15(9(3)4)13(10)17/h8-11,14H,6-7H2,1-5H3. The molecule has 2 amide bonds. The molecule has 0 aromatic heterocycles.